The fraction of sp³-hybridized carbons (Fsp3) is 0.222. The summed E-state index contributed by atoms with van der Waals surface area (Å²) in [6.07, 6.45) is 1.13. The Hall–Kier alpha value is -1.92. The van der Waals surface area contributed by atoms with Crippen molar-refractivity contribution in [3.63, 3.8) is 0 Å². The molecule has 0 aliphatic carbocycles. The lowest BCUT2D eigenvalue weighted by Crippen LogP contribution is -2.34. The zero-order chi connectivity index (χ0) is 17.5. The highest BCUT2D eigenvalue weighted by molar-refractivity contribution is 9.10. The van der Waals surface area contributed by atoms with Crippen molar-refractivity contribution in [2.45, 2.75) is 26.4 Å². The van der Waals surface area contributed by atoms with Gasteiger partial charge in [0.15, 0.2) is 5.11 Å². The van der Waals surface area contributed by atoms with E-state index in [0.717, 1.165) is 22.3 Å². The first-order chi connectivity index (χ1) is 11.5. The minimum Gasteiger partial charge on any atom is -0.491 e. The minimum absolute atomic E-state index is 0.175. The van der Waals surface area contributed by atoms with Crippen LogP contribution in [0.2, 0.25) is 0 Å². The second-order valence-electron chi connectivity index (χ2n) is 5.28. The SMILES string of the molecule is CCC(C)Oc1ccc(NC(=S)NC(=O)c2cccc(Br)c2)cc1. The van der Waals surface area contributed by atoms with Crippen LogP contribution in [0, 0.1) is 0 Å². The molecule has 0 saturated heterocycles. The first kappa shape index (κ1) is 18.4. The molecule has 4 nitrogen and oxygen atoms in total. The third-order valence-corrected chi connectivity index (χ3v) is 4.04. The summed E-state index contributed by atoms with van der Waals surface area (Å²) < 4.78 is 6.56. The smallest absolute Gasteiger partial charge is 0.257 e. The van der Waals surface area contributed by atoms with Crippen LogP contribution in [0.3, 0.4) is 0 Å². The van der Waals surface area contributed by atoms with Gasteiger partial charge in [-0.25, -0.2) is 0 Å². The molecule has 2 N–H and O–H groups in total. The third kappa shape index (κ3) is 5.62. The van der Waals surface area contributed by atoms with Crippen molar-refractivity contribution in [3.05, 3.63) is 58.6 Å². The summed E-state index contributed by atoms with van der Waals surface area (Å²) in [6, 6.07) is 14.6. The second-order valence-corrected chi connectivity index (χ2v) is 6.60. The van der Waals surface area contributed by atoms with E-state index in [1.54, 1.807) is 18.2 Å². The van der Waals surface area contributed by atoms with Gasteiger partial charge in [-0.3, -0.25) is 10.1 Å². The average molecular weight is 407 g/mol. The van der Waals surface area contributed by atoms with E-state index in [-0.39, 0.29) is 17.1 Å². The van der Waals surface area contributed by atoms with Crippen LogP contribution in [0.1, 0.15) is 30.6 Å². The first-order valence-corrected chi connectivity index (χ1v) is 8.82. The van der Waals surface area contributed by atoms with Crippen molar-refractivity contribution in [2.75, 3.05) is 5.32 Å². The van der Waals surface area contributed by atoms with Crippen molar-refractivity contribution in [1.29, 1.82) is 0 Å². The predicted octanol–water partition coefficient (Wildman–Crippen LogP) is 4.75. The van der Waals surface area contributed by atoms with E-state index in [1.165, 1.54) is 0 Å². The number of carbonyl (C=O) groups excluding carboxylic acids is 1. The van der Waals surface area contributed by atoms with Crippen molar-refractivity contribution >= 4 is 44.9 Å². The first-order valence-electron chi connectivity index (χ1n) is 7.62. The molecule has 0 fully saturated rings. The lowest BCUT2D eigenvalue weighted by Gasteiger charge is -2.13. The summed E-state index contributed by atoms with van der Waals surface area (Å²) in [5.41, 5.74) is 1.32. The molecule has 0 radical (unpaired) electrons. The van der Waals surface area contributed by atoms with Gasteiger partial charge in [-0.05, 0) is 68.0 Å². The largest absolute Gasteiger partial charge is 0.491 e. The van der Waals surface area contributed by atoms with Crippen LogP contribution in [0.25, 0.3) is 0 Å². The molecule has 1 atom stereocenters. The maximum atomic E-state index is 12.1. The quantitative estimate of drug-likeness (QED) is 0.703. The number of anilines is 1. The van der Waals surface area contributed by atoms with Crippen LogP contribution in [-0.4, -0.2) is 17.1 Å². The van der Waals surface area contributed by atoms with Crippen LogP contribution >= 0.6 is 28.1 Å². The van der Waals surface area contributed by atoms with Crippen LogP contribution in [0.15, 0.2) is 53.0 Å². The van der Waals surface area contributed by atoms with E-state index >= 15 is 0 Å². The van der Waals surface area contributed by atoms with Crippen LogP contribution in [-0.2, 0) is 0 Å². The molecule has 1 unspecified atom stereocenters. The third-order valence-electron chi connectivity index (χ3n) is 3.34. The van der Waals surface area contributed by atoms with E-state index in [9.17, 15) is 4.79 Å². The average Bonchev–Trinajstić information content (AvgIpc) is 2.56. The highest BCUT2D eigenvalue weighted by atomic mass is 79.9. The molecule has 24 heavy (non-hydrogen) atoms. The molecular formula is C18H19BrN2O2S. The van der Waals surface area contributed by atoms with Gasteiger partial charge in [-0.15, -0.1) is 0 Å². The second kappa shape index (κ2) is 8.80. The minimum atomic E-state index is -0.259. The fourth-order valence-electron chi connectivity index (χ4n) is 1.90. The standard InChI is InChI=1S/C18H19BrN2O2S/c1-3-12(2)23-16-9-7-15(8-10-16)20-18(24)21-17(22)13-5-4-6-14(19)11-13/h4-12H,3H2,1-2H3,(H2,20,21,22,24). The number of rotatable bonds is 5. The maximum absolute atomic E-state index is 12.1. The molecule has 0 aliphatic heterocycles. The van der Waals surface area contributed by atoms with Gasteiger partial charge in [0.1, 0.15) is 5.75 Å². The normalized spacial score (nSPS) is 11.5. The number of hydrogen-bond acceptors (Lipinski definition) is 3. The summed E-state index contributed by atoms with van der Waals surface area (Å²) in [5, 5.41) is 5.89. The highest BCUT2D eigenvalue weighted by Gasteiger charge is 2.08. The summed E-state index contributed by atoms with van der Waals surface area (Å²) >= 11 is 8.52. The number of halogens is 1. The molecule has 126 valence electrons. The fourth-order valence-corrected chi connectivity index (χ4v) is 2.51. The summed E-state index contributed by atoms with van der Waals surface area (Å²) in [6.45, 7) is 4.10. The van der Waals surface area contributed by atoms with E-state index in [4.69, 9.17) is 17.0 Å². The molecule has 0 heterocycles. The summed E-state index contributed by atoms with van der Waals surface area (Å²) in [4.78, 5) is 12.1. The van der Waals surface area contributed by atoms with Gasteiger partial charge in [0.25, 0.3) is 5.91 Å². The van der Waals surface area contributed by atoms with Gasteiger partial charge in [0, 0.05) is 15.7 Å². The van der Waals surface area contributed by atoms with Crippen LogP contribution in [0.4, 0.5) is 5.69 Å². The molecule has 0 spiro atoms. The van der Waals surface area contributed by atoms with Crippen LogP contribution < -0.4 is 15.4 Å². The van der Waals surface area contributed by atoms with Gasteiger partial charge in [0.2, 0.25) is 0 Å². The number of thiocarbonyl (C=S) groups is 1. The molecule has 0 saturated carbocycles. The predicted molar refractivity (Wildman–Crippen MR) is 105 cm³/mol. The number of benzene rings is 2. The van der Waals surface area contributed by atoms with Crippen molar-refractivity contribution in [3.8, 4) is 5.75 Å². The molecule has 0 aliphatic rings. The van der Waals surface area contributed by atoms with E-state index in [0.29, 0.717) is 5.56 Å². The van der Waals surface area contributed by atoms with E-state index in [2.05, 4.69) is 33.5 Å². The summed E-state index contributed by atoms with van der Waals surface area (Å²) in [7, 11) is 0. The van der Waals surface area contributed by atoms with Crippen molar-refractivity contribution in [2.24, 2.45) is 0 Å². The Kier molecular flexibility index (Phi) is 6.75. The Morgan fingerprint density at radius 1 is 1.25 bits per heavy atom. The molecule has 2 aromatic carbocycles. The zero-order valence-electron chi connectivity index (χ0n) is 13.5. The molecule has 2 aromatic rings. The van der Waals surface area contributed by atoms with Crippen molar-refractivity contribution < 1.29 is 9.53 Å². The van der Waals surface area contributed by atoms with Gasteiger partial charge < -0.3 is 10.1 Å². The lowest BCUT2D eigenvalue weighted by atomic mass is 10.2. The molecule has 1 amide bonds. The van der Waals surface area contributed by atoms with E-state index in [1.807, 2.05) is 37.3 Å². The molecule has 0 aromatic heterocycles. The van der Waals surface area contributed by atoms with Gasteiger partial charge in [-0.1, -0.05) is 28.9 Å². The number of carbonyl (C=O) groups is 1. The zero-order valence-corrected chi connectivity index (χ0v) is 15.9. The molecule has 6 heteroatoms. The molecule has 2 rings (SSSR count). The monoisotopic (exact) mass is 406 g/mol. The number of hydrogen-bond donors (Lipinski definition) is 2. The summed E-state index contributed by atoms with van der Waals surface area (Å²) in [5.74, 6) is 0.546. The Morgan fingerprint density at radius 2 is 1.96 bits per heavy atom. The molecule has 0 bridgehead atoms. The maximum Gasteiger partial charge on any atom is 0.257 e. The number of ether oxygens (including phenoxy) is 1. The van der Waals surface area contributed by atoms with Crippen molar-refractivity contribution in [1.82, 2.24) is 5.32 Å². The Labute approximate surface area is 155 Å². The van der Waals surface area contributed by atoms with Gasteiger partial charge in [0.05, 0.1) is 6.10 Å². The highest BCUT2D eigenvalue weighted by Crippen LogP contribution is 2.17. The Balaban J connectivity index is 1.91. The van der Waals surface area contributed by atoms with Gasteiger partial charge >= 0.3 is 0 Å². The van der Waals surface area contributed by atoms with Crippen LogP contribution in [0.5, 0.6) is 5.75 Å². The van der Waals surface area contributed by atoms with E-state index < -0.39 is 0 Å². The van der Waals surface area contributed by atoms with Gasteiger partial charge in [-0.2, -0.15) is 0 Å². The Bertz CT molecular complexity index is 719. The lowest BCUT2D eigenvalue weighted by molar-refractivity contribution is 0.0977. The topological polar surface area (TPSA) is 50.4 Å². The number of nitrogens with one attached hydrogen (secondary N) is 2. The Morgan fingerprint density at radius 3 is 2.58 bits per heavy atom. The molecular weight excluding hydrogens is 388 g/mol. The number of amides is 1.